The second-order valence-corrected chi connectivity index (χ2v) is 5.68. The maximum absolute atomic E-state index is 7.41. The first-order valence-electron chi connectivity index (χ1n) is 6.38. The molecule has 98 valence electrons. The molecular weight excluding hydrogens is 246 g/mol. The number of hydrogen-bond acceptors (Lipinski definition) is 2. The highest BCUT2D eigenvalue weighted by Crippen LogP contribution is 2.32. The van der Waals surface area contributed by atoms with Gasteiger partial charge < -0.3 is 10.6 Å². The smallest absolute Gasteiger partial charge is 0.122 e. The van der Waals surface area contributed by atoms with Crippen LogP contribution in [0.15, 0.2) is 18.2 Å². The fourth-order valence-electron chi connectivity index (χ4n) is 2.41. The van der Waals surface area contributed by atoms with E-state index in [0.717, 1.165) is 24.7 Å². The van der Waals surface area contributed by atoms with Gasteiger partial charge in [-0.05, 0) is 36.5 Å². The summed E-state index contributed by atoms with van der Waals surface area (Å²) in [7, 11) is 0. The minimum atomic E-state index is 0.0593. The number of benzene rings is 1. The van der Waals surface area contributed by atoms with E-state index in [0.29, 0.717) is 16.5 Å². The van der Waals surface area contributed by atoms with Gasteiger partial charge in [-0.25, -0.2) is 0 Å². The maximum atomic E-state index is 7.41. The van der Waals surface area contributed by atoms with Crippen molar-refractivity contribution >= 4 is 23.1 Å². The van der Waals surface area contributed by atoms with E-state index in [-0.39, 0.29) is 5.84 Å². The number of piperidine rings is 1. The molecule has 1 aromatic rings. The quantitative estimate of drug-likeness (QED) is 0.638. The third-order valence-electron chi connectivity index (χ3n) is 3.93. The summed E-state index contributed by atoms with van der Waals surface area (Å²) in [6.45, 7) is 6.68. The van der Waals surface area contributed by atoms with Crippen LogP contribution in [0, 0.1) is 17.2 Å². The van der Waals surface area contributed by atoms with Gasteiger partial charge in [-0.1, -0.05) is 25.4 Å². The van der Waals surface area contributed by atoms with Crippen molar-refractivity contribution in [1.82, 2.24) is 0 Å². The van der Waals surface area contributed by atoms with Gasteiger partial charge in [0.05, 0.1) is 10.7 Å². The Kier molecular flexibility index (Phi) is 3.81. The predicted molar refractivity (Wildman–Crippen MR) is 77.6 cm³/mol. The lowest BCUT2D eigenvalue weighted by atomic mass is 9.88. The summed E-state index contributed by atoms with van der Waals surface area (Å²) in [5.74, 6) is 1.52. The molecule has 0 bridgehead atoms. The zero-order valence-electron chi connectivity index (χ0n) is 10.9. The highest BCUT2D eigenvalue weighted by Gasteiger charge is 2.24. The fraction of sp³-hybridized carbons (Fsp3) is 0.500. The van der Waals surface area contributed by atoms with Crippen LogP contribution >= 0.6 is 11.6 Å². The van der Waals surface area contributed by atoms with E-state index >= 15 is 0 Å². The van der Waals surface area contributed by atoms with E-state index < -0.39 is 0 Å². The van der Waals surface area contributed by atoms with Gasteiger partial charge in [-0.2, -0.15) is 0 Å². The van der Waals surface area contributed by atoms with E-state index in [1.165, 1.54) is 6.42 Å². The number of hydrogen-bond donors (Lipinski definition) is 2. The maximum Gasteiger partial charge on any atom is 0.122 e. The Morgan fingerprint density at radius 3 is 2.67 bits per heavy atom. The first-order valence-corrected chi connectivity index (χ1v) is 6.75. The molecule has 1 saturated heterocycles. The van der Waals surface area contributed by atoms with Crippen LogP contribution in [0.3, 0.4) is 0 Å². The molecule has 1 aliphatic heterocycles. The molecule has 0 spiro atoms. The van der Waals surface area contributed by atoms with Gasteiger partial charge in [0.2, 0.25) is 0 Å². The Bertz CT molecular complexity index is 458. The molecule has 1 aromatic carbocycles. The Hall–Kier alpha value is -1.22. The van der Waals surface area contributed by atoms with Crippen LogP contribution in [0.25, 0.3) is 0 Å². The van der Waals surface area contributed by atoms with Crippen molar-refractivity contribution in [1.29, 1.82) is 5.41 Å². The fourth-order valence-corrected chi connectivity index (χ4v) is 2.71. The van der Waals surface area contributed by atoms with Crippen molar-refractivity contribution in [3.05, 3.63) is 28.8 Å². The predicted octanol–water partition coefficient (Wildman–Crippen LogP) is 3.11. The molecule has 0 aliphatic carbocycles. The van der Waals surface area contributed by atoms with E-state index in [9.17, 15) is 0 Å². The van der Waals surface area contributed by atoms with Crippen LogP contribution in [0.1, 0.15) is 25.8 Å². The summed E-state index contributed by atoms with van der Waals surface area (Å²) >= 11 is 6.30. The zero-order chi connectivity index (χ0) is 13.3. The molecular formula is C14H20ClN3. The van der Waals surface area contributed by atoms with Crippen molar-refractivity contribution < 1.29 is 0 Å². The Morgan fingerprint density at radius 2 is 2.11 bits per heavy atom. The molecule has 3 N–H and O–H groups in total. The van der Waals surface area contributed by atoms with Gasteiger partial charge >= 0.3 is 0 Å². The lowest BCUT2D eigenvalue weighted by Gasteiger charge is -2.37. The lowest BCUT2D eigenvalue weighted by molar-refractivity contribution is 0.324. The van der Waals surface area contributed by atoms with Crippen molar-refractivity contribution in [2.45, 2.75) is 20.3 Å². The number of nitrogen functional groups attached to an aromatic ring is 1. The molecule has 1 heterocycles. The van der Waals surface area contributed by atoms with Gasteiger partial charge in [-0.15, -0.1) is 0 Å². The monoisotopic (exact) mass is 265 g/mol. The van der Waals surface area contributed by atoms with Gasteiger partial charge in [0.25, 0.3) is 0 Å². The number of rotatable bonds is 2. The number of nitrogens with zero attached hydrogens (tertiary/aromatic N) is 1. The highest BCUT2D eigenvalue weighted by atomic mass is 35.5. The van der Waals surface area contributed by atoms with Gasteiger partial charge in [0.1, 0.15) is 5.84 Å². The number of anilines is 1. The molecule has 1 aliphatic rings. The Balaban J connectivity index is 2.21. The van der Waals surface area contributed by atoms with E-state index in [1.54, 1.807) is 6.07 Å². The van der Waals surface area contributed by atoms with Crippen molar-refractivity contribution in [2.24, 2.45) is 17.6 Å². The van der Waals surface area contributed by atoms with E-state index in [4.69, 9.17) is 22.7 Å². The molecule has 3 nitrogen and oxygen atoms in total. The van der Waals surface area contributed by atoms with E-state index in [1.807, 2.05) is 12.1 Å². The van der Waals surface area contributed by atoms with Crippen LogP contribution < -0.4 is 10.6 Å². The third kappa shape index (κ3) is 2.61. The second-order valence-electron chi connectivity index (χ2n) is 5.27. The van der Waals surface area contributed by atoms with Gasteiger partial charge in [0, 0.05) is 18.7 Å². The number of halogens is 1. The van der Waals surface area contributed by atoms with Crippen LogP contribution in [0.2, 0.25) is 5.02 Å². The largest absolute Gasteiger partial charge is 0.384 e. The topological polar surface area (TPSA) is 53.1 Å². The van der Waals surface area contributed by atoms with Crippen LogP contribution in [0.5, 0.6) is 0 Å². The second kappa shape index (κ2) is 5.19. The van der Waals surface area contributed by atoms with Crippen LogP contribution in [-0.4, -0.2) is 18.9 Å². The average Bonchev–Trinajstić information content (AvgIpc) is 2.32. The molecule has 0 saturated carbocycles. The number of nitrogens with one attached hydrogen (secondary N) is 1. The number of nitrogens with two attached hydrogens (primary N) is 1. The summed E-state index contributed by atoms with van der Waals surface area (Å²) in [6.07, 6.45) is 1.20. The molecule has 2 atom stereocenters. The van der Waals surface area contributed by atoms with Gasteiger partial charge in [0.15, 0.2) is 0 Å². The summed E-state index contributed by atoms with van der Waals surface area (Å²) < 4.78 is 0. The summed E-state index contributed by atoms with van der Waals surface area (Å²) in [5, 5.41) is 8.10. The normalized spacial score (nSPS) is 24.1. The summed E-state index contributed by atoms with van der Waals surface area (Å²) in [5.41, 5.74) is 7.20. The van der Waals surface area contributed by atoms with Crippen LogP contribution in [0.4, 0.5) is 5.69 Å². The molecule has 2 unspecified atom stereocenters. The first kappa shape index (κ1) is 13.2. The summed E-state index contributed by atoms with van der Waals surface area (Å²) in [4.78, 5) is 2.33. The first-order chi connectivity index (χ1) is 8.49. The van der Waals surface area contributed by atoms with E-state index in [2.05, 4.69) is 18.7 Å². The van der Waals surface area contributed by atoms with Crippen molar-refractivity contribution in [3.8, 4) is 0 Å². The number of amidine groups is 1. The molecule has 2 rings (SSSR count). The molecule has 0 radical (unpaired) electrons. The highest BCUT2D eigenvalue weighted by molar-refractivity contribution is 6.33. The standard InChI is InChI=1S/C14H20ClN3/c1-9-5-6-18(8-10(9)2)13-4-3-11(14(16)17)7-12(13)15/h3-4,7,9-10H,5-6,8H2,1-2H3,(H3,16,17). The molecule has 1 fully saturated rings. The Morgan fingerprint density at radius 1 is 1.39 bits per heavy atom. The average molecular weight is 266 g/mol. The Labute approximate surface area is 113 Å². The van der Waals surface area contributed by atoms with Gasteiger partial charge in [-0.3, -0.25) is 5.41 Å². The summed E-state index contributed by atoms with van der Waals surface area (Å²) in [6, 6.07) is 5.62. The molecule has 0 aromatic heterocycles. The van der Waals surface area contributed by atoms with Crippen molar-refractivity contribution in [3.63, 3.8) is 0 Å². The molecule has 4 heteroatoms. The molecule has 18 heavy (non-hydrogen) atoms. The third-order valence-corrected chi connectivity index (χ3v) is 4.24. The zero-order valence-corrected chi connectivity index (χ0v) is 11.7. The minimum absolute atomic E-state index is 0.0593. The minimum Gasteiger partial charge on any atom is -0.384 e. The SMILES string of the molecule is CC1CCN(c2ccc(C(=N)N)cc2Cl)CC1C. The molecule has 0 amide bonds. The van der Waals surface area contributed by atoms with Crippen LogP contribution in [-0.2, 0) is 0 Å². The lowest BCUT2D eigenvalue weighted by Crippen LogP contribution is -2.38. The van der Waals surface area contributed by atoms with Crippen molar-refractivity contribution in [2.75, 3.05) is 18.0 Å².